The molecule has 0 aromatic heterocycles. The molecule has 1 amide bonds. The van der Waals surface area contributed by atoms with Gasteiger partial charge in [-0.15, -0.1) is 0 Å². The molecule has 1 aliphatic rings. The van der Waals surface area contributed by atoms with E-state index in [0.717, 1.165) is 6.54 Å². The van der Waals surface area contributed by atoms with Crippen LogP contribution in [-0.4, -0.2) is 43.2 Å². The molecule has 4 heteroatoms. The topological polar surface area (TPSA) is 41.6 Å². The Kier molecular flexibility index (Phi) is 4.41. The van der Waals surface area contributed by atoms with Crippen LogP contribution in [0.25, 0.3) is 10.8 Å². The molecular weight excluding hydrogens is 276 g/mol. The van der Waals surface area contributed by atoms with Gasteiger partial charge in [-0.1, -0.05) is 42.5 Å². The number of amides is 1. The molecule has 1 fully saturated rings. The highest BCUT2D eigenvalue weighted by Crippen LogP contribution is 2.20. The Morgan fingerprint density at radius 2 is 2.05 bits per heavy atom. The van der Waals surface area contributed by atoms with Crippen LogP contribution in [0.15, 0.2) is 42.5 Å². The number of hydrogen-bond acceptors (Lipinski definition) is 3. The van der Waals surface area contributed by atoms with Crippen molar-refractivity contribution in [2.45, 2.75) is 25.6 Å². The lowest BCUT2D eigenvalue weighted by atomic mass is 10.0. The van der Waals surface area contributed by atoms with Gasteiger partial charge in [0.2, 0.25) is 5.91 Å². The van der Waals surface area contributed by atoms with E-state index in [9.17, 15) is 4.79 Å². The van der Waals surface area contributed by atoms with Crippen molar-refractivity contribution in [1.29, 1.82) is 0 Å². The minimum Gasteiger partial charge on any atom is -0.375 e. The summed E-state index contributed by atoms with van der Waals surface area (Å²) in [5, 5.41) is 5.66. The molecule has 1 saturated heterocycles. The van der Waals surface area contributed by atoms with E-state index in [1.165, 1.54) is 16.3 Å². The summed E-state index contributed by atoms with van der Waals surface area (Å²) in [5.41, 5.74) is 1.17. The van der Waals surface area contributed by atoms with E-state index in [-0.39, 0.29) is 18.1 Å². The first-order valence-electron chi connectivity index (χ1n) is 7.73. The van der Waals surface area contributed by atoms with Gasteiger partial charge >= 0.3 is 0 Å². The Labute approximate surface area is 131 Å². The quantitative estimate of drug-likeness (QED) is 0.944. The van der Waals surface area contributed by atoms with Crippen molar-refractivity contribution in [2.24, 2.45) is 0 Å². The van der Waals surface area contributed by atoms with Gasteiger partial charge in [-0.25, -0.2) is 0 Å². The molecule has 1 heterocycles. The average Bonchev–Trinajstić information content (AvgIpc) is 2.55. The van der Waals surface area contributed by atoms with Crippen LogP contribution in [0.2, 0.25) is 0 Å². The van der Waals surface area contributed by atoms with Gasteiger partial charge in [0.05, 0.1) is 12.7 Å². The average molecular weight is 298 g/mol. The van der Waals surface area contributed by atoms with E-state index < -0.39 is 0 Å². The first-order chi connectivity index (χ1) is 10.7. The lowest BCUT2D eigenvalue weighted by molar-refractivity contribution is -0.138. The largest absolute Gasteiger partial charge is 0.375 e. The van der Waals surface area contributed by atoms with Crippen molar-refractivity contribution in [1.82, 2.24) is 10.2 Å². The van der Waals surface area contributed by atoms with Crippen LogP contribution < -0.4 is 5.32 Å². The number of hydrogen-bond donors (Lipinski definition) is 1. The Hall–Kier alpha value is -1.91. The molecule has 116 valence electrons. The second-order valence-corrected chi connectivity index (χ2v) is 5.84. The van der Waals surface area contributed by atoms with Gasteiger partial charge in [-0.3, -0.25) is 4.79 Å². The van der Waals surface area contributed by atoms with Gasteiger partial charge in [0.25, 0.3) is 0 Å². The molecule has 0 radical (unpaired) electrons. The van der Waals surface area contributed by atoms with Crippen LogP contribution in [0.4, 0.5) is 0 Å². The lowest BCUT2D eigenvalue weighted by Crippen LogP contribution is -2.55. The second-order valence-electron chi connectivity index (χ2n) is 5.84. The molecular formula is C18H22N2O2. The van der Waals surface area contributed by atoms with Crippen molar-refractivity contribution in [2.75, 3.05) is 20.2 Å². The third-order valence-electron chi connectivity index (χ3n) is 4.25. The van der Waals surface area contributed by atoms with Gasteiger partial charge in [-0.2, -0.15) is 0 Å². The first-order valence-corrected chi connectivity index (χ1v) is 7.73. The zero-order valence-corrected chi connectivity index (χ0v) is 13.1. The lowest BCUT2D eigenvalue weighted by Gasteiger charge is -2.32. The smallest absolute Gasteiger partial charge is 0.242 e. The highest BCUT2D eigenvalue weighted by Gasteiger charge is 2.30. The van der Waals surface area contributed by atoms with E-state index in [4.69, 9.17) is 4.74 Å². The summed E-state index contributed by atoms with van der Waals surface area (Å²) in [5.74, 6) is 0.0835. The van der Waals surface area contributed by atoms with Crippen LogP contribution in [0, 0.1) is 0 Å². The molecule has 1 N–H and O–H groups in total. The molecule has 4 nitrogen and oxygen atoms in total. The fraction of sp³-hybridized carbons (Fsp3) is 0.389. The summed E-state index contributed by atoms with van der Waals surface area (Å²) in [6.07, 6.45) is -0.0868. The molecule has 22 heavy (non-hydrogen) atoms. The Balaban J connectivity index is 1.78. The zero-order chi connectivity index (χ0) is 15.5. The number of carbonyl (C=O) groups is 1. The molecule has 1 aliphatic heterocycles. The van der Waals surface area contributed by atoms with Crippen molar-refractivity contribution >= 4 is 16.7 Å². The number of likely N-dealkylation sites (N-methyl/N-ethyl adjacent to an activating group) is 1. The number of rotatable bonds is 3. The maximum Gasteiger partial charge on any atom is 0.242 e. The third-order valence-corrected chi connectivity index (χ3v) is 4.25. The zero-order valence-electron chi connectivity index (χ0n) is 13.1. The number of ether oxygens (including phenoxy) is 1. The Morgan fingerprint density at radius 3 is 2.86 bits per heavy atom. The molecule has 2 aromatic rings. The maximum absolute atomic E-state index is 12.6. The molecule has 2 aromatic carbocycles. The molecule has 0 saturated carbocycles. The summed E-state index contributed by atoms with van der Waals surface area (Å²) in [7, 11) is 1.85. The third kappa shape index (κ3) is 2.98. The van der Waals surface area contributed by atoms with E-state index in [1.807, 2.05) is 32.2 Å². The van der Waals surface area contributed by atoms with Crippen LogP contribution in [0.1, 0.15) is 12.5 Å². The number of fused-ring (bicyclic) bond motifs is 1. The number of nitrogens with zero attached hydrogens (tertiary/aromatic N) is 1. The number of benzene rings is 2. The minimum absolute atomic E-state index is 0.0835. The fourth-order valence-corrected chi connectivity index (χ4v) is 3.01. The molecule has 0 unspecified atom stereocenters. The number of carbonyl (C=O) groups excluding carboxylic acids is 1. The minimum atomic E-state index is -0.256. The summed E-state index contributed by atoms with van der Waals surface area (Å²) < 4.78 is 5.57. The summed E-state index contributed by atoms with van der Waals surface area (Å²) in [6, 6.07) is 14.2. The van der Waals surface area contributed by atoms with Crippen molar-refractivity contribution in [3.63, 3.8) is 0 Å². The van der Waals surface area contributed by atoms with Crippen LogP contribution >= 0.6 is 0 Å². The highest BCUT2D eigenvalue weighted by atomic mass is 16.5. The molecule has 0 spiro atoms. The van der Waals surface area contributed by atoms with Crippen molar-refractivity contribution in [3.8, 4) is 0 Å². The van der Waals surface area contributed by atoms with Gasteiger partial charge in [0, 0.05) is 20.1 Å². The van der Waals surface area contributed by atoms with E-state index in [2.05, 4.69) is 29.6 Å². The summed E-state index contributed by atoms with van der Waals surface area (Å²) in [6.45, 7) is 3.94. The van der Waals surface area contributed by atoms with Crippen molar-refractivity contribution in [3.05, 3.63) is 48.0 Å². The SMILES string of the molecule is C[C@H]1OCCN[C@@H]1C(=O)N(C)Cc1cccc2ccccc12. The van der Waals surface area contributed by atoms with Gasteiger partial charge in [0.1, 0.15) is 6.04 Å². The Bertz CT molecular complexity index is 666. The van der Waals surface area contributed by atoms with Crippen LogP contribution in [-0.2, 0) is 16.1 Å². The molecule has 2 atom stereocenters. The second kappa shape index (κ2) is 6.46. The monoisotopic (exact) mass is 298 g/mol. The standard InChI is InChI=1S/C18H22N2O2/c1-13-17(19-10-11-22-13)18(21)20(2)12-15-8-5-7-14-6-3-4-9-16(14)15/h3-9,13,17,19H,10-12H2,1-2H3/t13-,17+/m1/s1. The Morgan fingerprint density at radius 1 is 1.27 bits per heavy atom. The molecule has 0 aliphatic carbocycles. The molecule has 0 bridgehead atoms. The fourth-order valence-electron chi connectivity index (χ4n) is 3.01. The van der Waals surface area contributed by atoms with E-state index >= 15 is 0 Å². The molecule has 3 rings (SSSR count). The van der Waals surface area contributed by atoms with Gasteiger partial charge < -0.3 is 15.0 Å². The van der Waals surface area contributed by atoms with E-state index in [0.29, 0.717) is 13.2 Å². The first kappa shape index (κ1) is 15.0. The number of nitrogens with one attached hydrogen (secondary N) is 1. The van der Waals surface area contributed by atoms with Crippen LogP contribution in [0.3, 0.4) is 0 Å². The summed E-state index contributed by atoms with van der Waals surface area (Å²) in [4.78, 5) is 14.4. The predicted octanol–water partition coefficient (Wildman–Crippen LogP) is 2.18. The number of morpholine rings is 1. The van der Waals surface area contributed by atoms with Gasteiger partial charge in [-0.05, 0) is 23.3 Å². The van der Waals surface area contributed by atoms with Crippen LogP contribution in [0.5, 0.6) is 0 Å². The van der Waals surface area contributed by atoms with Gasteiger partial charge in [0.15, 0.2) is 0 Å². The summed E-state index contributed by atoms with van der Waals surface area (Å²) >= 11 is 0. The van der Waals surface area contributed by atoms with E-state index in [1.54, 1.807) is 4.90 Å². The maximum atomic E-state index is 12.6. The predicted molar refractivity (Wildman–Crippen MR) is 87.6 cm³/mol. The highest BCUT2D eigenvalue weighted by molar-refractivity contribution is 5.87. The van der Waals surface area contributed by atoms with Crippen molar-refractivity contribution < 1.29 is 9.53 Å². The normalized spacial score (nSPS) is 21.7.